The van der Waals surface area contributed by atoms with Crippen molar-refractivity contribution in [2.45, 2.75) is 49.5 Å². The van der Waals surface area contributed by atoms with Crippen LogP contribution >= 0.6 is 23.1 Å². The number of rotatable bonds is 3. The number of nitrogens with one attached hydrogen (secondary N) is 1. The topological polar surface area (TPSA) is 50.2 Å². The van der Waals surface area contributed by atoms with E-state index in [1.165, 1.54) is 23.9 Å². The zero-order chi connectivity index (χ0) is 27.5. The van der Waals surface area contributed by atoms with Gasteiger partial charge in [0.25, 0.3) is 0 Å². The molecule has 0 bridgehead atoms. The molecule has 4 heterocycles. The quantitative estimate of drug-likeness (QED) is 0.289. The molecule has 1 unspecified atom stereocenters. The minimum absolute atomic E-state index is 0.0285. The Hall–Kier alpha value is -2.89. The molecule has 204 valence electrons. The lowest BCUT2D eigenvalue weighted by Crippen LogP contribution is -2.55. The van der Waals surface area contributed by atoms with Gasteiger partial charge in [-0.15, -0.1) is 23.1 Å². The molecule has 3 atom stereocenters. The first-order chi connectivity index (χ1) is 18.6. The number of benzene rings is 2. The molecule has 2 aromatic heterocycles. The van der Waals surface area contributed by atoms with Gasteiger partial charge in [-0.05, 0) is 49.1 Å². The maximum atomic E-state index is 14.8. The lowest BCUT2D eigenvalue weighted by Gasteiger charge is -2.37. The Labute approximate surface area is 230 Å². The smallest absolute Gasteiger partial charge is 0.353 e. The van der Waals surface area contributed by atoms with Crippen molar-refractivity contribution in [3.63, 3.8) is 0 Å². The van der Waals surface area contributed by atoms with Gasteiger partial charge in [0.2, 0.25) is 0 Å². The van der Waals surface area contributed by atoms with Crippen LogP contribution in [0, 0.1) is 5.82 Å². The molecule has 0 spiro atoms. The van der Waals surface area contributed by atoms with Crippen molar-refractivity contribution >= 4 is 39.8 Å². The summed E-state index contributed by atoms with van der Waals surface area (Å²) in [5.74, 6) is 0.155. The summed E-state index contributed by atoms with van der Waals surface area (Å²) in [6.45, 7) is 5.34. The van der Waals surface area contributed by atoms with Crippen molar-refractivity contribution in [2.24, 2.45) is 0 Å². The fourth-order valence-electron chi connectivity index (χ4n) is 5.72. The van der Waals surface area contributed by atoms with Gasteiger partial charge in [0.05, 0.1) is 11.1 Å². The van der Waals surface area contributed by atoms with Crippen molar-refractivity contribution in [3.05, 3.63) is 74.6 Å². The first-order valence-electron chi connectivity index (χ1n) is 12.7. The highest BCUT2D eigenvalue weighted by atomic mass is 32.2. The molecule has 0 radical (unpaired) electrons. The van der Waals surface area contributed by atoms with E-state index in [0.29, 0.717) is 41.2 Å². The van der Waals surface area contributed by atoms with E-state index in [0.717, 1.165) is 23.1 Å². The number of alkyl halides is 3. The number of thiophene rings is 1. The molecule has 1 N–H and O–H groups in total. The molecule has 6 rings (SSSR count). The number of piperazine rings is 1. The average molecular weight is 575 g/mol. The van der Waals surface area contributed by atoms with Crippen molar-refractivity contribution in [1.29, 1.82) is 0 Å². The van der Waals surface area contributed by atoms with Crippen LogP contribution in [0.25, 0.3) is 22.0 Å². The molecule has 0 aliphatic carbocycles. The van der Waals surface area contributed by atoms with Gasteiger partial charge in [-0.1, -0.05) is 18.2 Å². The van der Waals surface area contributed by atoms with Crippen LogP contribution < -0.4 is 15.9 Å². The van der Waals surface area contributed by atoms with E-state index in [1.807, 2.05) is 36.3 Å². The second kappa shape index (κ2) is 9.94. The van der Waals surface area contributed by atoms with Crippen LogP contribution in [0.2, 0.25) is 0 Å². The number of hydrogen-bond donors (Lipinski definition) is 1. The zero-order valence-corrected chi connectivity index (χ0v) is 22.9. The highest BCUT2D eigenvalue weighted by Crippen LogP contribution is 2.49. The van der Waals surface area contributed by atoms with Gasteiger partial charge in [0.15, 0.2) is 0 Å². The molecular weight excluding hydrogens is 548 g/mol. The fourth-order valence-corrected chi connectivity index (χ4v) is 8.03. The Morgan fingerprint density at radius 2 is 1.77 bits per heavy atom. The van der Waals surface area contributed by atoms with E-state index in [2.05, 4.69) is 10.3 Å². The maximum Gasteiger partial charge on any atom is 0.417 e. The Bertz CT molecular complexity index is 1570. The third-order valence-electron chi connectivity index (χ3n) is 7.27. The van der Waals surface area contributed by atoms with Crippen LogP contribution in [0.3, 0.4) is 0 Å². The summed E-state index contributed by atoms with van der Waals surface area (Å²) in [5.41, 5.74) is -0.613. The van der Waals surface area contributed by atoms with Crippen LogP contribution in [0.5, 0.6) is 0 Å². The Kier molecular flexibility index (Phi) is 6.71. The standard InChI is InChI=1S/C28H26F4N4OS2/c1-15-11-35(12-16(2)33-15)26-20-10-21(28(30,31)32)23(17-5-7-19(29)8-6-17)25-24(20)36(27(37)34-26)13-18(14-39-25)22-4-3-9-38-22/h3-10,15-16,18,33H,11-14H2,1-2H3/t15-,16+,18?. The molecule has 4 aromatic rings. The Morgan fingerprint density at radius 1 is 1.05 bits per heavy atom. The lowest BCUT2D eigenvalue weighted by molar-refractivity contribution is -0.137. The predicted octanol–water partition coefficient (Wildman–Crippen LogP) is 6.36. The summed E-state index contributed by atoms with van der Waals surface area (Å²) in [4.78, 5) is 21.4. The summed E-state index contributed by atoms with van der Waals surface area (Å²) in [5, 5.41) is 5.69. The molecule has 5 nitrogen and oxygen atoms in total. The van der Waals surface area contributed by atoms with Crippen LogP contribution in [-0.4, -0.2) is 40.5 Å². The lowest BCUT2D eigenvalue weighted by atomic mass is 9.96. The number of halogens is 4. The normalized spacial score (nSPS) is 21.8. The summed E-state index contributed by atoms with van der Waals surface area (Å²) in [6.07, 6.45) is -4.68. The van der Waals surface area contributed by atoms with Crippen molar-refractivity contribution in [2.75, 3.05) is 23.7 Å². The SMILES string of the molecule is C[C@@H]1CN(c2nc(=O)n3c4c(c(-c5ccc(F)cc5)c(C(F)(F)F)cc24)SCC(c2cccs2)C3)C[C@H](C)N1. The number of aromatic nitrogens is 2. The molecule has 1 fully saturated rings. The predicted molar refractivity (Wildman–Crippen MR) is 148 cm³/mol. The van der Waals surface area contributed by atoms with Gasteiger partial charge in [0.1, 0.15) is 11.6 Å². The highest BCUT2D eigenvalue weighted by molar-refractivity contribution is 7.99. The largest absolute Gasteiger partial charge is 0.417 e. The molecule has 1 saturated heterocycles. The molecule has 11 heteroatoms. The van der Waals surface area contributed by atoms with Crippen molar-refractivity contribution in [1.82, 2.24) is 14.9 Å². The van der Waals surface area contributed by atoms with E-state index in [4.69, 9.17) is 0 Å². The van der Waals surface area contributed by atoms with Gasteiger partial charge in [-0.2, -0.15) is 18.2 Å². The summed E-state index contributed by atoms with van der Waals surface area (Å²) in [6, 6.07) is 10.3. The minimum atomic E-state index is -4.68. The van der Waals surface area contributed by atoms with Crippen molar-refractivity contribution in [3.8, 4) is 11.1 Å². The maximum absolute atomic E-state index is 14.8. The van der Waals surface area contributed by atoms with Crippen LogP contribution in [0.4, 0.5) is 23.4 Å². The third kappa shape index (κ3) is 4.85. The van der Waals surface area contributed by atoms with E-state index in [1.54, 1.807) is 15.9 Å². The van der Waals surface area contributed by atoms with E-state index < -0.39 is 23.2 Å². The zero-order valence-electron chi connectivity index (χ0n) is 21.3. The van der Waals surface area contributed by atoms with Gasteiger partial charge >= 0.3 is 11.9 Å². The Morgan fingerprint density at radius 3 is 2.41 bits per heavy atom. The number of hydrogen-bond acceptors (Lipinski definition) is 6. The molecule has 2 aliphatic rings. The minimum Gasteiger partial charge on any atom is -0.353 e. The van der Waals surface area contributed by atoms with Gasteiger partial charge in [-0.25, -0.2) is 9.18 Å². The summed E-state index contributed by atoms with van der Waals surface area (Å²) in [7, 11) is 0. The van der Waals surface area contributed by atoms with Gasteiger partial charge in [0, 0.05) is 64.1 Å². The third-order valence-corrected chi connectivity index (χ3v) is 9.56. The first-order valence-corrected chi connectivity index (χ1v) is 14.6. The van der Waals surface area contributed by atoms with Gasteiger partial charge in [-0.3, -0.25) is 4.57 Å². The van der Waals surface area contributed by atoms with Gasteiger partial charge < -0.3 is 10.2 Å². The Balaban J connectivity index is 1.68. The summed E-state index contributed by atoms with van der Waals surface area (Å²) >= 11 is 2.89. The monoisotopic (exact) mass is 574 g/mol. The number of anilines is 1. The van der Waals surface area contributed by atoms with E-state index in [-0.39, 0.29) is 34.9 Å². The molecular formula is C28H26F4N4OS2. The second-order valence-electron chi connectivity index (χ2n) is 10.3. The van der Waals surface area contributed by atoms with Crippen LogP contribution in [0.1, 0.15) is 30.2 Å². The number of nitrogens with zero attached hydrogens (tertiary/aromatic N) is 3. The van der Waals surface area contributed by atoms with E-state index in [9.17, 15) is 22.4 Å². The highest BCUT2D eigenvalue weighted by Gasteiger charge is 2.39. The van der Waals surface area contributed by atoms with E-state index >= 15 is 0 Å². The molecule has 2 aromatic carbocycles. The molecule has 0 saturated carbocycles. The molecule has 39 heavy (non-hydrogen) atoms. The summed E-state index contributed by atoms with van der Waals surface area (Å²) < 4.78 is 59.6. The molecule has 2 aliphatic heterocycles. The first kappa shape index (κ1) is 26.3. The van der Waals surface area contributed by atoms with Crippen molar-refractivity contribution < 1.29 is 17.6 Å². The average Bonchev–Trinajstić information content (AvgIpc) is 3.33. The van der Waals surface area contributed by atoms with Crippen LogP contribution in [-0.2, 0) is 12.7 Å². The fraction of sp³-hybridized carbons (Fsp3) is 0.357. The molecule has 0 amide bonds. The van der Waals surface area contributed by atoms with Crippen LogP contribution in [0.15, 0.2) is 57.5 Å². The number of thioether (sulfide) groups is 1. The second-order valence-corrected chi connectivity index (χ2v) is 12.3.